The minimum Gasteiger partial charge on any atom is -0.285 e. The van der Waals surface area contributed by atoms with Crippen molar-refractivity contribution in [3.63, 3.8) is 0 Å². The van der Waals surface area contributed by atoms with Crippen LogP contribution in [0.2, 0.25) is 0 Å². The highest BCUT2D eigenvalue weighted by Gasteiger charge is 2.47. The van der Waals surface area contributed by atoms with E-state index in [1.165, 1.54) is 13.0 Å². The van der Waals surface area contributed by atoms with Crippen LogP contribution in [0.3, 0.4) is 0 Å². The summed E-state index contributed by atoms with van der Waals surface area (Å²) < 4.78 is 25.8. The predicted molar refractivity (Wildman–Crippen MR) is 65.4 cm³/mol. The first-order chi connectivity index (χ1) is 8.80. The van der Waals surface area contributed by atoms with Gasteiger partial charge in [-0.25, -0.2) is 8.42 Å². The van der Waals surface area contributed by atoms with E-state index in [2.05, 4.69) is 6.58 Å². The molecular weight excluding hydrogens is 274 g/mol. The van der Waals surface area contributed by atoms with E-state index in [1.54, 1.807) is 0 Å². The van der Waals surface area contributed by atoms with Crippen molar-refractivity contribution < 1.29 is 23.3 Å². The van der Waals surface area contributed by atoms with E-state index >= 15 is 0 Å². The maximum absolute atomic E-state index is 12.2. The third-order valence-corrected chi connectivity index (χ3v) is 5.07. The molecule has 19 heavy (non-hydrogen) atoms. The first-order valence-corrected chi connectivity index (χ1v) is 6.86. The molecule has 1 atom stereocenters. The quantitative estimate of drug-likeness (QED) is 0.287. The second-order valence-corrected chi connectivity index (χ2v) is 6.27. The Morgan fingerprint density at radius 3 is 2.79 bits per heavy atom. The minimum atomic E-state index is -3.73. The molecule has 0 amide bonds. The molecule has 1 aromatic rings. The summed E-state index contributed by atoms with van der Waals surface area (Å²) in [6.07, 6.45) is 3.37. The van der Waals surface area contributed by atoms with Crippen LogP contribution in [0.1, 0.15) is 17.7 Å². The molecule has 0 saturated heterocycles. The molecule has 8 nitrogen and oxygen atoms in total. The van der Waals surface area contributed by atoms with Gasteiger partial charge in [0.25, 0.3) is 0 Å². The van der Waals surface area contributed by atoms with Crippen molar-refractivity contribution in [1.82, 2.24) is 0 Å². The SMILES string of the molecule is C=CCN1c2c(c[n+](O)cc2[N+](=O)[O-])C(C)S1(=O)=O. The number of fused-ring (bicyclic) bond motifs is 1. The van der Waals surface area contributed by atoms with E-state index in [0.717, 1.165) is 16.7 Å². The van der Waals surface area contributed by atoms with Crippen LogP contribution >= 0.6 is 0 Å². The average Bonchev–Trinajstić information content (AvgIpc) is 2.50. The minimum absolute atomic E-state index is 0.0114. The first kappa shape index (κ1) is 13.3. The number of nitrogens with zero attached hydrogens (tertiary/aromatic N) is 3. The summed E-state index contributed by atoms with van der Waals surface area (Å²) in [4.78, 5) is 10.3. The molecule has 1 N–H and O–H groups in total. The summed E-state index contributed by atoms with van der Waals surface area (Å²) >= 11 is 0. The van der Waals surface area contributed by atoms with Crippen LogP contribution in [0.25, 0.3) is 0 Å². The van der Waals surface area contributed by atoms with Gasteiger partial charge >= 0.3 is 11.9 Å². The van der Waals surface area contributed by atoms with Crippen molar-refractivity contribution in [3.8, 4) is 0 Å². The topological polar surface area (TPSA) is 105 Å². The van der Waals surface area contributed by atoms with Crippen LogP contribution in [-0.2, 0) is 10.0 Å². The van der Waals surface area contributed by atoms with E-state index in [1.807, 2.05) is 0 Å². The maximum Gasteiger partial charge on any atom is 0.361 e. The van der Waals surface area contributed by atoms with Crippen LogP contribution in [0.5, 0.6) is 0 Å². The number of hydrogen-bond acceptors (Lipinski definition) is 5. The zero-order valence-electron chi connectivity index (χ0n) is 10.1. The number of hydrogen-bond donors (Lipinski definition) is 1. The van der Waals surface area contributed by atoms with Gasteiger partial charge in [-0.05, 0) is 6.92 Å². The summed E-state index contributed by atoms with van der Waals surface area (Å²) in [5.41, 5.74) is -0.281. The van der Waals surface area contributed by atoms with Gasteiger partial charge < -0.3 is 0 Å². The Balaban J connectivity index is 2.80. The molecule has 102 valence electrons. The molecule has 1 aliphatic rings. The largest absolute Gasteiger partial charge is 0.361 e. The highest BCUT2D eigenvalue weighted by atomic mass is 32.2. The molecule has 0 bridgehead atoms. The lowest BCUT2D eigenvalue weighted by molar-refractivity contribution is -0.905. The third kappa shape index (κ3) is 1.82. The molecule has 1 aromatic heterocycles. The van der Waals surface area contributed by atoms with Crippen LogP contribution in [0.4, 0.5) is 11.4 Å². The van der Waals surface area contributed by atoms with E-state index < -0.39 is 25.9 Å². The molecule has 0 fully saturated rings. The molecule has 2 rings (SSSR count). The fraction of sp³-hybridized carbons (Fsp3) is 0.300. The molecule has 1 unspecified atom stereocenters. The highest BCUT2D eigenvalue weighted by Crippen LogP contribution is 2.46. The highest BCUT2D eigenvalue weighted by molar-refractivity contribution is 7.93. The molecular formula is C10H12N3O5S+. The number of anilines is 1. The molecule has 2 heterocycles. The first-order valence-electron chi connectivity index (χ1n) is 5.36. The number of pyridine rings is 1. The van der Waals surface area contributed by atoms with Gasteiger partial charge in [-0.1, -0.05) is 6.08 Å². The lowest BCUT2D eigenvalue weighted by atomic mass is 10.1. The van der Waals surface area contributed by atoms with Gasteiger partial charge in [0.1, 0.15) is 10.9 Å². The van der Waals surface area contributed by atoms with E-state index in [9.17, 15) is 23.7 Å². The number of rotatable bonds is 3. The summed E-state index contributed by atoms with van der Waals surface area (Å²) in [6.45, 7) is 4.81. The second kappa shape index (κ2) is 4.19. The Bertz CT molecular complexity index is 670. The number of sulfonamides is 1. The fourth-order valence-corrected chi connectivity index (χ4v) is 3.71. The Morgan fingerprint density at radius 2 is 2.26 bits per heavy atom. The predicted octanol–water partition coefficient (Wildman–Crippen LogP) is 0.516. The Labute approximate surface area is 109 Å². The van der Waals surface area contributed by atoms with Gasteiger partial charge in [-0.15, -0.1) is 6.58 Å². The van der Waals surface area contributed by atoms with Gasteiger partial charge in [-0.2, -0.15) is 0 Å². The molecule has 0 aromatic carbocycles. The Hall–Kier alpha value is -2.16. The molecule has 9 heteroatoms. The molecule has 0 aliphatic carbocycles. The number of nitro groups is 1. The normalized spacial score (nSPS) is 20.1. The Kier molecular flexibility index (Phi) is 2.93. The summed E-state index contributed by atoms with van der Waals surface area (Å²) in [5, 5.41) is 19.5. The monoisotopic (exact) mass is 286 g/mol. The van der Waals surface area contributed by atoms with Gasteiger partial charge in [0, 0.05) is 4.73 Å². The van der Waals surface area contributed by atoms with Crippen molar-refractivity contribution in [2.24, 2.45) is 0 Å². The van der Waals surface area contributed by atoms with Gasteiger partial charge in [0.2, 0.25) is 16.2 Å². The lowest BCUT2D eigenvalue weighted by Crippen LogP contribution is -2.31. The van der Waals surface area contributed by atoms with Crippen molar-refractivity contribution in [2.45, 2.75) is 12.2 Å². The van der Waals surface area contributed by atoms with E-state index in [0.29, 0.717) is 4.73 Å². The van der Waals surface area contributed by atoms with Crippen LogP contribution in [0, 0.1) is 10.1 Å². The summed E-state index contributed by atoms with van der Waals surface area (Å²) in [7, 11) is -3.73. The van der Waals surface area contributed by atoms with Gasteiger partial charge in [0.15, 0.2) is 0 Å². The molecule has 0 saturated carbocycles. The van der Waals surface area contributed by atoms with Crippen LogP contribution in [-0.4, -0.2) is 25.1 Å². The zero-order valence-corrected chi connectivity index (χ0v) is 10.9. The van der Waals surface area contributed by atoms with Crippen molar-refractivity contribution in [2.75, 3.05) is 10.8 Å². The zero-order chi connectivity index (χ0) is 14.4. The summed E-state index contributed by atoms with van der Waals surface area (Å²) in [5.74, 6) is 0. The van der Waals surface area contributed by atoms with Crippen LogP contribution in [0.15, 0.2) is 25.0 Å². The molecule has 1 aliphatic heterocycles. The van der Waals surface area contributed by atoms with Crippen LogP contribution < -0.4 is 9.04 Å². The maximum atomic E-state index is 12.2. The van der Waals surface area contributed by atoms with Crippen molar-refractivity contribution >= 4 is 21.4 Å². The van der Waals surface area contributed by atoms with E-state index in [-0.39, 0.29) is 17.8 Å². The summed E-state index contributed by atoms with van der Waals surface area (Å²) in [6, 6.07) is 0. The Morgan fingerprint density at radius 1 is 1.63 bits per heavy atom. The standard InChI is InChI=1S/C10H12N3O5S/c1-3-4-12-10-8(7(2)19(12,17)18)5-11(14)6-9(10)13(15)16/h3,5-7,14H,1,4H2,2H3/q+1. The van der Waals surface area contributed by atoms with Gasteiger partial charge in [0.05, 0.1) is 17.0 Å². The molecule has 0 radical (unpaired) electrons. The lowest BCUT2D eigenvalue weighted by Gasteiger charge is -2.15. The van der Waals surface area contributed by atoms with Gasteiger partial charge in [-0.3, -0.25) is 19.6 Å². The fourth-order valence-electron chi connectivity index (χ4n) is 2.07. The average molecular weight is 286 g/mol. The molecule has 0 spiro atoms. The number of aromatic nitrogens is 1. The van der Waals surface area contributed by atoms with Crippen molar-refractivity contribution in [1.29, 1.82) is 0 Å². The van der Waals surface area contributed by atoms with E-state index in [4.69, 9.17) is 0 Å². The van der Waals surface area contributed by atoms with Crippen molar-refractivity contribution in [3.05, 3.63) is 40.7 Å². The third-order valence-electron chi connectivity index (χ3n) is 2.97. The second-order valence-electron chi connectivity index (χ2n) is 4.09. The smallest absolute Gasteiger partial charge is 0.285 e.